The third-order valence-corrected chi connectivity index (χ3v) is 3.93. The molecule has 100 valence electrons. The number of carbonyl (C=O) groups is 1. The molecule has 0 radical (unpaired) electrons. The molecular weight excluding hydrogens is 262 g/mol. The fourth-order valence-electron chi connectivity index (χ4n) is 2.55. The van der Waals surface area contributed by atoms with Gasteiger partial charge in [0.2, 0.25) is 5.91 Å². The van der Waals surface area contributed by atoms with Crippen molar-refractivity contribution >= 4 is 28.4 Å². The molecule has 2 N–H and O–H groups in total. The van der Waals surface area contributed by atoms with Crippen LogP contribution in [0.5, 0.6) is 0 Å². The normalized spacial score (nSPS) is 19.6. The molecule has 1 fully saturated rings. The highest BCUT2D eigenvalue weighted by Crippen LogP contribution is 2.22. The van der Waals surface area contributed by atoms with Crippen LogP contribution < -0.4 is 5.32 Å². The number of hydrogen-bond donors (Lipinski definition) is 2. The zero-order valence-corrected chi connectivity index (χ0v) is 11.5. The van der Waals surface area contributed by atoms with Gasteiger partial charge in [0.1, 0.15) is 0 Å². The van der Waals surface area contributed by atoms with Crippen molar-refractivity contribution in [3.05, 3.63) is 35.0 Å². The van der Waals surface area contributed by atoms with Gasteiger partial charge in [0.15, 0.2) is 0 Å². The van der Waals surface area contributed by atoms with Crippen LogP contribution in [0.1, 0.15) is 12.0 Å². The molecule has 1 amide bonds. The van der Waals surface area contributed by atoms with E-state index in [4.69, 9.17) is 11.6 Å². The lowest BCUT2D eigenvalue weighted by molar-refractivity contribution is -0.128. The van der Waals surface area contributed by atoms with Gasteiger partial charge in [-0.25, -0.2) is 0 Å². The number of rotatable bonds is 3. The van der Waals surface area contributed by atoms with E-state index in [9.17, 15) is 4.79 Å². The highest BCUT2D eigenvalue weighted by atomic mass is 35.5. The van der Waals surface area contributed by atoms with Gasteiger partial charge >= 0.3 is 0 Å². The van der Waals surface area contributed by atoms with E-state index in [-0.39, 0.29) is 11.9 Å². The average molecular weight is 278 g/mol. The molecule has 1 unspecified atom stereocenters. The molecule has 1 atom stereocenters. The lowest BCUT2D eigenvalue weighted by atomic mass is 10.1. The molecule has 19 heavy (non-hydrogen) atoms. The molecule has 4 nitrogen and oxygen atoms in total. The van der Waals surface area contributed by atoms with Crippen molar-refractivity contribution in [1.82, 2.24) is 15.2 Å². The summed E-state index contributed by atoms with van der Waals surface area (Å²) in [4.78, 5) is 16.8. The standard InChI is InChI=1S/C14H16ClN3O/c1-18-5-4-12(14(18)19)16-7-9-8-17-13-6-10(15)2-3-11(9)13/h2-3,6,8,12,16-17H,4-5,7H2,1H3. The first-order valence-electron chi connectivity index (χ1n) is 6.39. The number of carbonyl (C=O) groups excluding carboxylic acids is 1. The zero-order valence-electron chi connectivity index (χ0n) is 10.7. The van der Waals surface area contributed by atoms with E-state index in [2.05, 4.69) is 10.3 Å². The molecule has 1 aliphatic rings. The Labute approximate surface area is 116 Å². The van der Waals surface area contributed by atoms with Crippen LogP contribution in [0.3, 0.4) is 0 Å². The Balaban J connectivity index is 1.74. The Morgan fingerprint density at radius 2 is 2.37 bits per heavy atom. The maximum atomic E-state index is 11.8. The Hall–Kier alpha value is -1.52. The second-order valence-electron chi connectivity index (χ2n) is 4.99. The lowest BCUT2D eigenvalue weighted by Crippen LogP contribution is -2.36. The highest BCUT2D eigenvalue weighted by Gasteiger charge is 2.28. The number of fused-ring (bicyclic) bond motifs is 1. The summed E-state index contributed by atoms with van der Waals surface area (Å²) in [6.07, 6.45) is 2.85. The predicted molar refractivity (Wildman–Crippen MR) is 76.2 cm³/mol. The second kappa shape index (κ2) is 4.87. The summed E-state index contributed by atoms with van der Waals surface area (Å²) in [5.41, 5.74) is 2.19. The van der Waals surface area contributed by atoms with E-state index in [0.29, 0.717) is 6.54 Å². The van der Waals surface area contributed by atoms with Crippen molar-refractivity contribution in [2.24, 2.45) is 0 Å². The molecule has 2 heterocycles. The monoisotopic (exact) mass is 277 g/mol. The topological polar surface area (TPSA) is 48.1 Å². The molecule has 1 aromatic carbocycles. The average Bonchev–Trinajstić information content (AvgIpc) is 2.93. The van der Waals surface area contributed by atoms with Gasteiger partial charge in [-0.1, -0.05) is 17.7 Å². The van der Waals surface area contributed by atoms with E-state index in [1.54, 1.807) is 4.90 Å². The summed E-state index contributed by atoms with van der Waals surface area (Å²) in [5, 5.41) is 5.20. The molecule has 1 aliphatic heterocycles. The number of amides is 1. The van der Waals surface area contributed by atoms with E-state index < -0.39 is 0 Å². The van der Waals surface area contributed by atoms with Crippen molar-refractivity contribution in [2.75, 3.05) is 13.6 Å². The number of halogens is 1. The minimum Gasteiger partial charge on any atom is -0.361 e. The van der Waals surface area contributed by atoms with Gasteiger partial charge in [-0.15, -0.1) is 0 Å². The van der Waals surface area contributed by atoms with Gasteiger partial charge < -0.3 is 15.2 Å². The second-order valence-corrected chi connectivity index (χ2v) is 5.42. The molecular formula is C14H16ClN3O. The molecule has 1 aromatic heterocycles. The molecule has 1 saturated heterocycles. The number of likely N-dealkylation sites (N-methyl/N-ethyl adjacent to an activating group) is 1. The first-order valence-corrected chi connectivity index (χ1v) is 6.77. The minimum atomic E-state index is -0.0535. The molecule has 0 spiro atoms. The fraction of sp³-hybridized carbons (Fsp3) is 0.357. The number of nitrogens with zero attached hydrogens (tertiary/aromatic N) is 1. The van der Waals surface area contributed by atoms with Crippen LogP contribution >= 0.6 is 11.6 Å². The lowest BCUT2D eigenvalue weighted by Gasteiger charge is -2.11. The van der Waals surface area contributed by atoms with Crippen LogP contribution in [0.25, 0.3) is 10.9 Å². The largest absolute Gasteiger partial charge is 0.361 e. The van der Waals surface area contributed by atoms with Gasteiger partial charge in [-0.05, 0) is 24.1 Å². The Morgan fingerprint density at radius 1 is 1.53 bits per heavy atom. The van der Waals surface area contributed by atoms with Gasteiger partial charge in [0.25, 0.3) is 0 Å². The summed E-state index contributed by atoms with van der Waals surface area (Å²) in [7, 11) is 1.84. The number of hydrogen-bond acceptors (Lipinski definition) is 2. The number of likely N-dealkylation sites (tertiary alicyclic amines) is 1. The van der Waals surface area contributed by atoms with Gasteiger partial charge in [0, 0.05) is 42.3 Å². The first-order chi connectivity index (χ1) is 9.15. The van der Waals surface area contributed by atoms with Crippen molar-refractivity contribution in [3.8, 4) is 0 Å². The zero-order chi connectivity index (χ0) is 13.4. The molecule has 5 heteroatoms. The highest BCUT2D eigenvalue weighted by molar-refractivity contribution is 6.31. The van der Waals surface area contributed by atoms with Crippen molar-refractivity contribution in [3.63, 3.8) is 0 Å². The SMILES string of the molecule is CN1CCC(NCc2c[nH]c3cc(Cl)ccc23)C1=O. The van der Waals surface area contributed by atoms with Crippen molar-refractivity contribution in [2.45, 2.75) is 19.0 Å². The molecule has 0 aliphatic carbocycles. The van der Waals surface area contributed by atoms with Crippen LogP contribution in [-0.4, -0.2) is 35.4 Å². The number of benzene rings is 1. The summed E-state index contributed by atoms with van der Waals surface area (Å²) in [5.74, 6) is 0.183. The van der Waals surface area contributed by atoms with Crippen molar-refractivity contribution in [1.29, 1.82) is 0 Å². The Kier molecular flexibility index (Phi) is 3.21. The number of aromatic amines is 1. The van der Waals surface area contributed by atoms with E-state index >= 15 is 0 Å². The summed E-state index contributed by atoms with van der Waals surface area (Å²) in [6.45, 7) is 1.52. The molecule has 2 aromatic rings. The predicted octanol–water partition coefficient (Wildman–Crippen LogP) is 2.14. The van der Waals surface area contributed by atoms with Crippen LogP contribution in [0, 0.1) is 0 Å². The quantitative estimate of drug-likeness (QED) is 0.903. The summed E-state index contributed by atoms with van der Waals surface area (Å²) < 4.78 is 0. The van der Waals surface area contributed by atoms with Crippen LogP contribution in [-0.2, 0) is 11.3 Å². The maximum absolute atomic E-state index is 11.8. The van der Waals surface area contributed by atoms with Crippen LogP contribution in [0.15, 0.2) is 24.4 Å². The third kappa shape index (κ3) is 2.33. The van der Waals surface area contributed by atoms with E-state index in [1.807, 2.05) is 31.4 Å². The van der Waals surface area contributed by atoms with Crippen molar-refractivity contribution < 1.29 is 4.79 Å². The van der Waals surface area contributed by atoms with E-state index in [1.165, 1.54) is 0 Å². The fourth-order valence-corrected chi connectivity index (χ4v) is 2.72. The Morgan fingerprint density at radius 3 is 3.11 bits per heavy atom. The van der Waals surface area contributed by atoms with Gasteiger partial charge in [-0.3, -0.25) is 4.79 Å². The number of nitrogens with one attached hydrogen (secondary N) is 2. The number of H-pyrrole nitrogens is 1. The van der Waals surface area contributed by atoms with Crippen LogP contribution in [0.2, 0.25) is 5.02 Å². The molecule has 0 bridgehead atoms. The van der Waals surface area contributed by atoms with E-state index in [0.717, 1.165) is 34.5 Å². The van der Waals surface area contributed by atoms with Gasteiger partial charge in [-0.2, -0.15) is 0 Å². The third-order valence-electron chi connectivity index (χ3n) is 3.70. The number of aromatic nitrogens is 1. The first kappa shape index (κ1) is 12.5. The summed E-state index contributed by atoms with van der Waals surface area (Å²) in [6, 6.07) is 5.75. The Bertz CT molecular complexity index is 622. The molecule has 3 rings (SSSR count). The summed E-state index contributed by atoms with van der Waals surface area (Å²) >= 11 is 5.96. The smallest absolute Gasteiger partial charge is 0.239 e. The molecule has 0 saturated carbocycles. The minimum absolute atomic E-state index is 0.0535. The van der Waals surface area contributed by atoms with Crippen LogP contribution in [0.4, 0.5) is 0 Å². The maximum Gasteiger partial charge on any atom is 0.239 e. The van der Waals surface area contributed by atoms with Gasteiger partial charge in [0.05, 0.1) is 6.04 Å².